The number of rotatable bonds is 7. The van der Waals surface area contributed by atoms with Gasteiger partial charge in [-0.25, -0.2) is 4.39 Å². The molecule has 2 unspecified atom stereocenters. The van der Waals surface area contributed by atoms with Crippen molar-refractivity contribution in [3.05, 3.63) is 120 Å². The van der Waals surface area contributed by atoms with Crippen molar-refractivity contribution in [3.8, 4) is 28.0 Å². The molecule has 1 aliphatic rings. The standard InChI is InChI=1S/C36H32FN3O3/c1-21(2)18-40-35(41)29-16-23(10-14-28(29)31-20-39-19-25-6-4-5-7-27(25)31)24-11-15-32-30(17-24)33(36(42)38-3)34(43-32)22-8-12-26(37)13-9-22/h4-17,19-21,33-34H,18H2,1-3H3,(H,38,42)(H,40,41). The lowest BCUT2D eigenvalue weighted by Crippen LogP contribution is -2.28. The van der Waals surface area contributed by atoms with E-state index in [4.69, 9.17) is 4.74 Å². The minimum absolute atomic E-state index is 0.164. The molecule has 43 heavy (non-hydrogen) atoms. The molecule has 2 atom stereocenters. The number of carbonyl (C=O) groups excluding carboxylic acids is 2. The molecule has 0 bridgehead atoms. The van der Waals surface area contributed by atoms with Crippen molar-refractivity contribution in [2.24, 2.45) is 5.92 Å². The molecule has 0 aliphatic carbocycles. The van der Waals surface area contributed by atoms with Crippen molar-refractivity contribution < 1.29 is 18.7 Å². The van der Waals surface area contributed by atoms with Crippen LogP contribution in [0.3, 0.4) is 0 Å². The second kappa shape index (κ2) is 11.7. The van der Waals surface area contributed by atoms with Gasteiger partial charge < -0.3 is 15.4 Å². The van der Waals surface area contributed by atoms with Crippen LogP contribution < -0.4 is 15.4 Å². The maximum Gasteiger partial charge on any atom is 0.251 e. The zero-order valence-electron chi connectivity index (χ0n) is 24.2. The topological polar surface area (TPSA) is 80.3 Å². The summed E-state index contributed by atoms with van der Waals surface area (Å²) in [7, 11) is 1.59. The Labute approximate surface area is 249 Å². The van der Waals surface area contributed by atoms with Gasteiger partial charge in [0.25, 0.3) is 5.91 Å². The van der Waals surface area contributed by atoms with E-state index in [2.05, 4.69) is 29.5 Å². The fourth-order valence-corrected chi connectivity index (χ4v) is 5.66. The van der Waals surface area contributed by atoms with E-state index in [1.165, 1.54) is 12.1 Å². The number of carbonyl (C=O) groups is 2. The van der Waals surface area contributed by atoms with E-state index in [0.717, 1.165) is 38.6 Å². The predicted octanol–water partition coefficient (Wildman–Crippen LogP) is 7.06. The van der Waals surface area contributed by atoms with Gasteiger partial charge in [0.1, 0.15) is 23.6 Å². The molecule has 2 amide bonds. The SMILES string of the molecule is CNC(=O)C1c2cc(-c3ccc(-c4cncc5ccccc45)c(C(=O)NCC(C)C)c3)ccc2OC1c1ccc(F)cc1. The van der Waals surface area contributed by atoms with E-state index in [9.17, 15) is 14.0 Å². The van der Waals surface area contributed by atoms with E-state index < -0.39 is 12.0 Å². The first-order valence-corrected chi connectivity index (χ1v) is 14.4. The molecule has 2 heterocycles. The van der Waals surface area contributed by atoms with Gasteiger partial charge in [0, 0.05) is 48.1 Å². The normalized spacial score (nSPS) is 15.7. The molecule has 6 nitrogen and oxygen atoms in total. The first-order chi connectivity index (χ1) is 20.8. The summed E-state index contributed by atoms with van der Waals surface area (Å²) in [5, 5.41) is 7.83. The van der Waals surface area contributed by atoms with Gasteiger partial charge in [0.2, 0.25) is 5.91 Å². The highest BCUT2D eigenvalue weighted by Crippen LogP contribution is 2.47. The van der Waals surface area contributed by atoms with Crippen molar-refractivity contribution in [1.29, 1.82) is 0 Å². The maximum absolute atomic E-state index is 13.6. The van der Waals surface area contributed by atoms with E-state index in [1.54, 1.807) is 25.4 Å². The van der Waals surface area contributed by atoms with E-state index in [-0.39, 0.29) is 17.6 Å². The number of fused-ring (bicyclic) bond motifs is 2. The quantitative estimate of drug-likeness (QED) is 0.219. The Hall–Kier alpha value is -5.04. The summed E-state index contributed by atoms with van der Waals surface area (Å²) in [4.78, 5) is 31.2. The summed E-state index contributed by atoms with van der Waals surface area (Å²) in [5.74, 6) is -0.447. The molecule has 0 spiro atoms. The molecule has 0 fully saturated rings. The van der Waals surface area contributed by atoms with Crippen LogP contribution in [-0.4, -0.2) is 30.4 Å². The number of nitrogens with zero attached hydrogens (tertiary/aromatic N) is 1. The minimum atomic E-state index is -0.625. The largest absolute Gasteiger partial charge is 0.484 e. The monoisotopic (exact) mass is 573 g/mol. The van der Waals surface area contributed by atoms with Crippen LogP contribution >= 0.6 is 0 Å². The lowest BCUT2D eigenvalue weighted by Gasteiger charge is -2.18. The van der Waals surface area contributed by atoms with Crippen LogP contribution in [0.1, 0.15) is 47.4 Å². The highest BCUT2D eigenvalue weighted by molar-refractivity contribution is 6.06. The van der Waals surface area contributed by atoms with E-state index in [1.807, 2.05) is 66.9 Å². The van der Waals surface area contributed by atoms with Crippen molar-refractivity contribution in [1.82, 2.24) is 15.6 Å². The van der Waals surface area contributed by atoms with Gasteiger partial charge in [-0.2, -0.15) is 0 Å². The van der Waals surface area contributed by atoms with Gasteiger partial charge in [-0.3, -0.25) is 14.6 Å². The molecule has 5 aromatic rings. The third-order valence-corrected chi connectivity index (χ3v) is 7.86. The highest BCUT2D eigenvalue weighted by atomic mass is 19.1. The van der Waals surface area contributed by atoms with E-state index >= 15 is 0 Å². The van der Waals surface area contributed by atoms with Crippen molar-refractivity contribution in [3.63, 3.8) is 0 Å². The molecule has 6 rings (SSSR count). The molecule has 1 aliphatic heterocycles. The zero-order valence-corrected chi connectivity index (χ0v) is 24.2. The molecular weight excluding hydrogens is 541 g/mol. The summed E-state index contributed by atoms with van der Waals surface area (Å²) < 4.78 is 19.9. The third kappa shape index (κ3) is 5.46. The first-order valence-electron chi connectivity index (χ1n) is 14.4. The minimum Gasteiger partial charge on any atom is -0.484 e. The molecule has 1 aromatic heterocycles. The van der Waals surface area contributed by atoms with Crippen LogP contribution in [-0.2, 0) is 4.79 Å². The van der Waals surface area contributed by atoms with Crippen LogP contribution in [0.25, 0.3) is 33.0 Å². The maximum atomic E-state index is 13.6. The number of nitrogens with one attached hydrogen (secondary N) is 2. The zero-order chi connectivity index (χ0) is 30.1. The van der Waals surface area contributed by atoms with Gasteiger partial charge in [-0.05, 0) is 63.9 Å². The Kier molecular flexibility index (Phi) is 7.63. The summed E-state index contributed by atoms with van der Waals surface area (Å²) >= 11 is 0. The van der Waals surface area contributed by atoms with Crippen molar-refractivity contribution >= 4 is 22.6 Å². The van der Waals surface area contributed by atoms with Crippen molar-refractivity contribution in [2.75, 3.05) is 13.6 Å². The van der Waals surface area contributed by atoms with Crippen LogP contribution in [0.15, 0.2) is 97.3 Å². The average Bonchev–Trinajstić information content (AvgIpc) is 3.42. The van der Waals surface area contributed by atoms with E-state index in [0.29, 0.717) is 29.3 Å². The molecular formula is C36H32FN3O3. The first kappa shape index (κ1) is 28.1. The van der Waals surface area contributed by atoms with Crippen molar-refractivity contribution in [2.45, 2.75) is 25.9 Å². The number of likely N-dealkylation sites (N-methyl/N-ethyl adjacent to an activating group) is 1. The Bertz CT molecular complexity index is 1830. The molecule has 2 N–H and O–H groups in total. The number of aromatic nitrogens is 1. The lowest BCUT2D eigenvalue weighted by atomic mass is 9.88. The number of hydrogen-bond donors (Lipinski definition) is 2. The summed E-state index contributed by atoms with van der Waals surface area (Å²) in [6.45, 7) is 4.66. The molecule has 0 saturated heterocycles. The predicted molar refractivity (Wildman–Crippen MR) is 166 cm³/mol. The summed E-state index contributed by atoms with van der Waals surface area (Å²) in [6.07, 6.45) is 3.03. The fraction of sp³-hybridized carbons (Fsp3) is 0.194. The van der Waals surface area contributed by atoms with Gasteiger partial charge in [0.15, 0.2) is 0 Å². The van der Waals surface area contributed by atoms with Gasteiger partial charge in [-0.15, -0.1) is 0 Å². The summed E-state index contributed by atoms with van der Waals surface area (Å²) in [5.41, 5.74) is 5.33. The average molecular weight is 574 g/mol. The second-order valence-electron chi connectivity index (χ2n) is 11.2. The Morgan fingerprint density at radius 1 is 0.907 bits per heavy atom. The third-order valence-electron chi connectivity index (χ3n) is 7.86. The number of amides is 2. The molecule has 7 heteroatoms. The number of ether oxygens (including phenoxy) is 1. The van der Waals surface area contributed by atoms with Crippen LogP contribution in [0.2, 0.25) is 0 Å². The highest BCUT2D eigenvalue weighted by Gasteiger charge is 2.40. The molecule has 4 aromatic carbocycles. The molecule has 0 saturated carbocycles. The summed E-state index contributed by atoms with van der Waals surface area (Å²) in [6, 6.07) is 25.6. The molecule has 0 radical (unpaired) electrons. The second-order valence-corrected chi connectivity index (χ2v) is 11.2. The van der Waals surface area contributed by atoms with Gasteiger partial charge in [-0.1, -0.05) is 68.4 Å². The smallest absolute Gasteiger partial charge is 0.251 e. The lowest BCUT2D eigenvalue weighted by molar-refractivity contribution is -0.123. The number of hydrogen-bond acceptors (Lipinski definition) is 4. The Morgan fingerprint density at radius 3 is 2.42 bits per heavy atom. The number of benzene rings is 4. The Morgan fingerprint density at radius 2 is 1.65 bits per heavy atom. The number of pyridine rings is 1. The molecule has 216 valence electrons. The Balaban J connectivity index is 1.44. The van der Waals surface area contributed by atoms with Gasteiger partial charge >= 0.3 is 0 Å². The number of halogens is 1. The van der Waals surface area contributed by atoms with Gasteiger partial charge in [0.05, 0.1) is 0 Å². The fourth-order valence-electron chi connectivity index (χ4n) is 5.66. The van der Waals surface area contributed by atoms with Crippen LogP contribution in [0.5, 0.6) is 5.75 Å². The van der Waals surface area contributed by atoms with Crippen LogP contribution in [0.4, 0.5) is 4.39 Å². The van der Waals surface area contributed by atoms with Crippen LogP contribution in [0, 0.1) is 11.7 Å².